The van der Waals surface area contributed by atoms with Crippen LogP contribution in [0.25, 0.3) is 22.8 Å². The first-order chi connectivity index (χ1) is 12.6. The molecule has 0 bridgehead atoms. The second-order valence-electron chi connectivity index (χ2n) is 5.60. The Labute approximate surface area is 147 Å². The van der Waals surface area contributed by atoms with E-state index in [1.807, 2.05) is 0 Å². The van der Waals surface area contributed by atoms with Crippen LogP contribution in [0.5, 0.6) is 5.75 Å². The van der Waals surface area contributed by atoms with Gasteiger partial charge in [0, 0.05) is 18.3 Å². The lowest BCUT2D eigenvalue weighted by atomic mass is 10.2. The van der Waals surface area contributed by atoms with Gasteiger partial charge in [-0.1, -0.05) is 6.07 Å². The zero-order valence-corrected chi connectivity index (χ0v) is 13.5. The Morgan fingerprint density at radius 3 is 2.54 bits per heavy atom. The lowest BCUT2D eigenvalue weighted by Crippen LogP contribution is -2.14. The first-order valence-corrected chi connectivity index (χ1v) is 7.81. The number of hydrogen-bond acceptors (Lipinski definition) is 4. The van der Waals surface area contributed by atoms with Crippen molar-refractivity contribution in [3.8, 4) is 28.5 Å². The summed E-state index contributed by atoms with van der Waals surface area (Å²) in [5.41, 5.74) is 1.62. The van der Waals surface area contributed by atoms with Crippen molar-refractivity contribution >= 4 is 0 Å². The zero-order valence-electron chi connectivity index (χ0n) is 13.5. The molecule has 128 valence electrons. The van der Waals surface area contributed by atoms with Gasteiger partial charge in [0.15, 0.2) is 5.69 Å². The molecule has 0 aliphatic rings. The van der Waals surface area contributed by atoms with Crippen LogP contribution in [-0.2, 0) is 0 Å². The van der Waals surface area contributed by atoms with Crippen molar-refractivity contribution in [2.75, 3.05) is 0 Å². The molecule has 0 unspecified atom stereocenters. The quantitative estimate of drug-likeness (QED) is 0.618. The first kappa shape index (κ1) is 15.8. The molecule has 26 heavy (non-hydrogen) atoms. The van der Waals surface area contributed by atoms with Crippen LogP contribution >= 0.6 is 0 Å². The van der Waals surface area contributed by atoms with Gasteiger partial charge in [0.1, 0.15) is 11.6 Å². The molecule has 0 saturated carbocycles. The van der Waals surface area contributed by atoms with Crippen molar-refractivity contribution in [1.29, 1.82) is 0 Å². The summed E-state index contributed by atoms with van der Waals surface area (Å²) in [6.45, 7) is 0. The average molecular weight is 348 g/mol. The van der Waals surface area contributed by atoms with E-state index in [4.69, 9.17) is 0 Å². The van der Waals surface area contributed by atoms with Gasteiger partial charge in [0.25, 0.3) is 0 Å². The van der Waals surface area contributed by atoms with Crippen molar-refractivity contribution in [1.82, 2.24) is 19.6 Å². The molecule has 4 aromatic rings. The fraction of sp³-hybridized carbons (Fsp3) is 0. The molecule has 4 rings (SSSR count). The second-order valence-corrected chi connectivity index (χ2v) is 5.60. The highest BCUT2D eigenvalue weighted by atomic mass is 19.1. The van der Waals surface area contributed by atoms with Crippen LogP contribution in [0, 0.1) is 5.82 Å². The smallest absolute Gasteiger partial charge is 0.209 e. The van der Waals surface area contributed by atoms with E-state index in [0.29, 0.717) is 17.1 Å². The molecule has 2 aromatic carbocycles. The number of rotatable bonds is 3. The SMILES string of the molecule is O=c1ccn(-c2cccc(O)c2)nc1-c1ccnn1-c1ccc(F)cc1. The minimum Gasteiger partial charge on any atom is -0.508 e. The molecular formula is C19H13FN4O2. The van der Waals surface area contributed by atoms with E-state index in [2.05, 4.69) is 10.2 Å². The monoisotopic (exact) mass is 348 g/mol. The maximum Gasteiger partial charge on any atom is 0.209 e. The van der Waals surface area contributed by atoms with Gasteiger partial charge in [-0.3, -0.25) is 4.79 Å². The Morgan fingerprint density at radius 1 is 0.962 bits per heavy atom. The van der Waals surface area contributed by atoms with Crippen LogP contribution < -0.4 is 5.43 Å². The summed E-state index contributed by atoms with van der Waals surface area (Å²) < 4.78 is 16.2. The number of halogens is 1. The molecular weight excluding hydrogens is 335 g/mol. The van der Waals surface area contributed by atoms with Crippen LogP contribution in [-0.4, -0.2) is 24.7 Å². The van der Waals surface area contributed by atoms with Crippen molar-refractivity contribution in [2.45, 2.75) is 0 Å². The fourth-order valence-electron chi connectivity index (χ4n) is 2.64. The average Bonchev–Trinajstić information content (AvgIpc) is 3.12. The Hall–Kier alpha value is -3.74. The first-order valence-electron chi connectivity index (χ1n) is 7.81. The van der Waals surface area contributed by atoms with Crippen molar-refractivity contribution in [3.63, 3.8) is 0 Å². The van der Waals surface area contributed by atoms with E-state index in [0.717, 1.165) is 0 Å². The third-order valence-electron chi connectivity index (χ3n) is 3.86. The Morgan fingerprint density at radius 2 is 1.77 bits per heavy atom. The van der Waals surface area contributed by atoms with Crippen LogP contribution in [0.1, 0.15) is 0 Å². The highest BCUT2D eigenvalue weighted by Gasteiger charge is 2.13. The molecule has 6 nitrogen and oxygen atoms in total. The number of aromatic hydroxyl groups is 1. The molecule has 1 N–H and O–H groups in total. The van der Waals surface area contributed by atoms with Gasteiger partial charge in [-0.25, -0.2) is 13.8 Å². The molecule has 0 aliphatic carbocycles. The van der Waals surface area contributed by atoms with Crippen LogP contribution in [0.15, 0.2) is 77.9 Å². The van der Waals surface area contributed by atoms with E-state index in [9.17, 15) is 14.3 Å². The predicted molar refractivity (Wildman–Crippen MR) is 94.0 cm³/mol. The van der Waals surface area contributed by atoms with Gasteiger partial charge in [-0.05, 0) is 42.5 Å². The Kier molecular flexibility index (Phi) is 3.81. The summed E-state index contributed by atoms with van der Waals surface area (Å²) in [6.07, 6.45) is 3.07. The van der Waals surface area contributed by atoms with Crippen molar-refractivity contribution < 1.29 is 9.50 Å². The molecule has 0 saturated heterocycles. The van der Waals surface area contributed by atoms with E-state index < -0.39 is 0 Å². The molecule has 0 fully saturated rings. The summed E-state index contributed by atoms with van der Waals surface area (Å²) in [6, 6.07) is 15.4. The van der Waals surface area contributed by atoms with Crippen LogP contribution in [0.3, 0.4) is 0 Å². The van der Waals surface area contributed by atoms with E-state index in [1.165, 1.54) is 33.8 Å². The second kappa shape index (κ2) is 6.29. The summed E-state index contributed by atoms with van der Waals surface area (Å²) in [5.74, 6) is -0.257. The molecule has 0 spiro atoms. The standard InChI is InChI=1S/C19H13FN4O2/c20-13-4-6-14(7-5-13)24-17(8-10-21-24)19-18(26)9-11-23(22-19)15-2-1-3-16(25)12-15/h1-12,25H. The normalized spacial score (nSPS) is 10.8. The summed E-state index contributed by atoms with van der Waals surface area (Å²) in [4.78, 5) is 12.4. The summed E-state index contributed by atoms with van der Waals surface area (Å²) in [7, 11) is 0. The molecule has 0 aliphatic heterocycles. The zero-order chi connectivity index (χ0) is 18.1. The summed E-state index contributed by atoms with van der Waals surface area (Å²) in [5, 5.41) is 18.3. The highest BCUT2D eigenvalue weighted by Crippen LogP contribution is 2.19. The van der Waals surface area contributed by atoms with E-state index in [-0.39, 0.29) is 22.7 Å². The highest BCUT2D eigenvalue weighted by molar-refractivity contribution is 5.57. The molecule has 0 radical (unpaired) electrons. The number of phenols is 1. The predicted octanol–water partition coefficient (Wildman–Crippen LogP) is 2.93. The lowest BCUT2D eigenvalue weighted by Gasteiger charge is -2.10. The minimum absolute atomic E-state index is 0.0981. The maximum atomic E-state index is 13.2. The number of aromatic nitrogens is 4. The fourth-order valence-corrected chi connectivity index (χ4v) is 2.64. The Bertz CT molecular complexity index is 1130. The number of nitrogens with zero attached hydrogens (tertiary/aromatic N) is 4. The third-order valence-corrected chi connectivity index (χ3v) is 3.86. The maximum absolute atomic E-state index is 13.2. The van der Waals surface area contributed by atoms with Crippen molar-refractivity contribution in [2.24, 2.45) is 0 Å². The number of hydrogen-bond donors (Lipinski definition) is 1. The summed E-state index contributed by atoms with van der Waals surface area (Å²) >= 11 is 0. The molecule has 0 atom stereocenters. The topological polar surface area (TPSA) is 72.9 Å². The van der Waals surface area contributed by atoms with Gasteiger partial charge in [0.05, 0.1) is 23.3 Å². The molecule has 7 heteroatoms. The van der Waals surface area contributed by atoms with Gasteiger partial charge in [-0.2, -0.15) is 10.2 Å². The van der Waals surface area contributed by atoms with Gasteiger partial charge in [0.2, 0.25) is 5.43 Å². The van der Waals surface area contributed by atoms with Crippen LogP contribution in [0.2, 0.25) is 0 Å². The van der Waals surface area contributed by atoms with Crippen molar-refractivity contribution in [3.05, 3.63) is 89.1 Å². The van der Waals surface area contributed by atoms with Gasteiger partial charge < -0.3 is 5.11 Å². The van der Waals surface area contributed by atoms with E-state index >= 15 is 0 Å². The number of benzene rings is 2. The molecule has 0 amide bonds. The number of phenolic OH excluding ortho intramolecular Hbond substituents is 1. The molecule has 2 heterocycles. The lowest BCUT2D eigenvalue weighted by molar-refractivity contribution is 0.475. The third kappa shape index (κ3) is 2.86. The molecule has 2 aromatic heterocycles. The van der Waals surface area contributed by atoms with Crippen LogP contribution in [0.4, 0.5) is 4.39 Å². The minimum atomic E-state index is -0.355. The largest absolute Gasteiger partial charge is 0.508 e. The van der Waals surface area contributed by atoms with Gasteiger partial charge >= 0.3 is 0 Å². The van der Waals surface area contributed by atoms with Gasteiger partial charge in [-0.15, -0.1) is 0 Å². The Balaban J connectivity index is 1.85. The van der Waals surface area contributed by atoms with E-state index in [1.54, 1.807) is 48.7 Å².